The highest BCUT2D eigenvalue weighted by Crippen LogP contribution is 2.35. The van der Waals surface area contributed by atoms with Crippen LogP contribution in [0.3, 0.4) is 0 Å². The zero-order valence-electron chi connectivity index (χ0n) is 16.9. The van der Waals surface area contributed by atoms with Gasteiger partial charge in [0.15, 0.2) is 0 Å². The average molecular weight is 398 g/mol. The van der Waals surface area contributed by atoms with Gasteiger partial charge in [-0.3, -0.25) is 4.79 Å². The van der Waals surface area contributed by atoms with Crippen LogP contribution in [-0.4, -0.2) is 39.4 Å². The molecule has 3 heterocycles. The molecule has 2 aromatic heterocycles. The first-order valence-electron chi connectivity index (χ1n) is 9.99. The standard InChI is InChI=1S/C24H22N4O2/c1-15-13-21(27-19-6-4-3-5-18(15)19)24(29)28-12-11-20-22(26-14-25-20)23(28)16-7-9-17(30-2)10-8-16/h3-10,13-14,23H,11-12H2,1-2H3,(H,25,26). The lowest BCUT2D eigenvalue weighted by molar-refractivity contribution is 0.0685. The molecule has 0 fully saturated rings. The Hall–Kier alpha value is -3.67. The van der Waals surface area contributed by atoms with Gasteiger partial charge < -0.3 is 14.6 Å². The van der Waals surface area contributed by atoms with E-state index < -0.39 is 0 Å². The molecule has 0 aliphatic carbocycles. The van der Waals surface area contributed by atoms with Gasteiger partial charge in [-0.25, -0.2) is 9.97 Å². The fourth-order valence-electron chi connectivity index (χ4n) is 4.23. The van der Waals surface area contributed by atoms with E-state index in [1.165, 1.54) is 0 Å². The van der Waals surface area contributed by atoms with Crippen LogP contribution in [0.2, 0.25) is 0 Å². The summed E-state index contributed by atoms with van der Waals surface area (Å²) in [6.45, 7) is 2.61. The lowest BCUT2D eigenvalue weighted by Crippen LogP contribution is -2.41. The van der Waals surface area contributed by atoms with Crippen molar-refractivity contribution in [1.29, 1.82) is 0 Å². The summed E-state index contributed by atoms with van der Waals surface area (Å²) in [7, 11) is 1.64. The maximum atomic E-state index is 13.6. The third-order valence-corrected chi connectivity index (χ3v) is 5.76. The lowest BCUT2D eigenvalue weighted by atomic mass is 9.95. The quantitative estimate of drug-likeness (QED) is 0.565. The second-order valence-electron chi connectivity index (χ2n) is 7.53. The highest BCUT2D eigenvalue weighted by atomic mass is 16.5. The topological polar surface area (TPSA) is 71.1 Å². The van der Waals surface area contributed by atoms with Gasteiger partial charge in [-0.2, -0.15) is 0 Å². The smallest absolute Gasteiger partial charge is 0.273 e. The molecule has 5 rings (SSSR count). The number of methoxy groups -OCH3 is 1. The molecule has 1 aliphatic rings. The first-order chi connectivity index (χ1) is 14.7. The van der Waals surface area contributed by atoms with Crippen LogP contribution in [0, 0.1) is 6.92 Å². The molecule has 1 unspecified atom stereocenters. The van der Waals surface area contributed by atoms with Crippen molar-refractivity contribution in [3.05, 3.63) is 89.1 Å². The van der Waals surface area contributed by atoms with Gasteiger partial charge in [0.2, 0.25) is 0 Å². The van der Waals surface area contributed by atoms with E-state index >= 15 is 0 Å². The van der Waals surface area contributed by atoms with Gasteiger partial charge in [-0.05, 0) is 42.3 Å². The molecule has 0 bridgehead atoms. The van der Waals surface area contributed by atoms with Crippen molar-refractivity contribution in [3.63, 3.8) is 0 Å². The van der Waals surface area contributed by atoms with Crippen LogP contribution >= 0.6 is 0 Å². The predicted octanol–water partition coefficient (Wildman–Crippen LogP) is 4.06. The van der Waals surface area contributed by atoms with E-state index in [-0.39, 0.29) is 11.9 Å². The van der Waals surface area contributed by atoms with Crippen LogP contribution in [0.25, 0.3) is 10.9 Å². The van der Waals surface area contributed by atoms with Gasteiger partial charge in [0.05, 0.1) is 24.6 Å². The fourth-order valence-corrected chi connectivity index (χ4v) is 4.23. The summed E-state index contributed by atoms with van der Waals surface area (Å²) in [6.07, 6.45) is 2.44. The molecule has 0 saturated carbocycles. The Morgan fingerprint density at radius 3 is 2.77 bits per heavy atom. The summed E-state index contributed by atoms with van der Waals surface area (Å²) < 4.78 is 5.30. The number of ether oxygens (including phenoxy) is 1. The summed E-state index contributed by atoms with van der Waals surface area (Å²) in [4.78, 5) is 28.0. The highest BCUT2D eigenvalue weighted by molar-refractivity contribution is 5.96. The van der Waals surface area contributed by atoms with Crippen molar-refractivity contribution in [2.45, 2.75) is 19.4 Å². The number of hydrogen-bond donors (Lipinski definition) is 1. The zero-order valence-corrected chi connectivity index (χ0v) is 16.9. The van der Waals surface area contributed by atoms with Crippen LogP contribution in [0.4, 0.5) is 0 Å². The number of nitrogens with zero attached hydrogens (tertiary/aromatic N) is 3. The van der Waals surface area contributed by atoms with Crippen molar-refractivity contribution >= 4 is 16.8 Å². The SMILES string of the molecule is COc1ccc(C2c3nc[nH]c3CCN2C(=O)c2cc(C)c3ccccc3n2)cc1. The van der Waals surface area contributed by atoms with E-state index in [2.05, 4.69) is 15.0 Å². The number of H-pyrrole nitrogens is 1. The summed E-state index contributed by atoms with van der Waals surface area (Å²) >= 11 is 0. The number of fused-ring (bicyclic) bond motifs is 2. The summed E-state index contributed by atoms with van der Waals surface area (Å²) in [5.74, 6) is 0.694. The number of para-hydroxylation sites is 1. The average Bonchev–Trinajstić information content (AvgIpc) is 3.27. The molecular weight excluding hydrogens is 376 g/mol. The molecule has 4 aromatic rings. The number of aryl methyl sites for hydroxylation is 1. The Morgan fingerprint density at radius 2 is 1.97 bits per heavy atom. The van der Waals surface area contributed by atoms with Gasteiger partial charge in [0.25, 0.3) is 5.91 Å². The Labute approximate surface area is 174 Å². The molecule has 1 N–H and O–H groups in total. The Morgan fingerprint density at radius 1 is 1.17 bits per heavy atom. The maximum absolute atomic E-state index is 13.6. The first-order valence-corrected chi connectivity index (χ1v) is 9.99. The Kier molecular flexibility index (Phi) is 4.47. The number of hydrogen-bond acceptors (Lipinski definition) is 4. The van der Waals surface area contributed by atoms with Gasteiger partial charge in [0.1, 0.15) is 17.5 Å². The van der Waals surface area contributed by atoms with E-state index in [0.717, 1.165) is 45.6 Å². The van der Waals surface area contributed by atoms with Crippen LogP contribution in [0.15, 0.2) is 60.9 Å². The van der Waals surface area contributed by atoms with Crippen LogP contribution < -0.4 is 4.74 Å². The second kappa shape index (κ2) is 7.30. The minimum atomic E-state index is -0.271. The number of aromatic amines is 1. The van der Waals surface area contributed by atoms with Gasteiger partial charge >= 0.3 is 0 Å². The summed E-state index contributed by atoms with van der Waals surface area (Å²) in [5.41, 5.74) is 5.29. The summed E-state index contributed by atoms with van der Waals surface area (Å²) in [5, 5.41) is 1.06. The van der Waals surface area contributed by atoms with Crippen molar-refractivity contribution < 1.29 is 9.53 Å². The largest absolute Gasteiger partial charge is 0.497 e. The number of carbonyl (C=O) groups excluding carboxylic acids is 1. The molecule has 6 nitrogen and oxygen atoms in total. The molecule has 0 saturated heterocycles. The third-order valence-electron chi connectivity index (χ3n) is 5.76. The molecule has 30 heavy (non-hydrogen) atoms. The first kappa shape index (κ1) is 18.4. The minimum Gasteiger partial charge on any atom is -0.497 e. The number of aromatic nitrogens is 3. The monoisotopic (exact) mass is 398 g/mol. The van der Waals surface area contributed by atoms with Crippen molar-refractivity contribution in [2.24, 2.45) is 0 Å². The number of nitrogens with one attached hydrogen (secondary N) is 1. The number of rotatable bonds is 3. The van der Waals surface area contributed by atoms with Gasteiger partial charge in [0, 0.05) is 24.0 Å². The molecule has 1 atom stereocenters. The normalized spacial score (nSPS) is 15.8. The number of amides is 1. The van der Waals surface area contributed by atoms with Gasteiger partial charge in [-0.1, -0.05) is 30.3 Å². The molecular formula is C24H22N4O2. The van der Waals surface area contributed by atoms with Crippen molar-refractivity contribution in [3.8, 4) is 5.75 Å². The predicted molar refractivity (Wildman–Crippen MR) is 115 cm³/mol. The number of pyridine rings is 1. The third kappa shape index (κ3) is 3.01. The fraction of sp³-hybridized carbons (Fsp3) is 0.208. The molecule has 1 amide bonds. The van der Waals surface area contributed by atoms with E-state index in [1.54, 1.807) is 13.4 Å². The number of carbonyl (C=O) groups is 1. The second-order valence-corrected chi connectivity index (χ2v) is 7.53. The van der Waals surface area contributed by atoms with E-state index in [1.807, 2.05) is 66.4 Å². The van der Waals surface area contributed by atoms with E-state index in [4.69, 9.17) is 4.74 Å². The molecule has 0 radical (unpaired) electrons. The zero-order chi connectivity index (χ0) is 20.7. The number of imidazole rings is 1. The molecule has 2 aromatic carbocycles. The number of benzene rings is 2. The van der Waals surface area contributed by atoms with Crippen molar-refractivity contribution in [2.75, 3.05) is 13.7 Å². The van der Waals surface area contributed by atoms with Crippen molar-refractivity contribution in [1.82, 2.24) is 19.9 Å². The minimum absolute atomic E-state index is 0.0849. The maximum Gasteiger partial charge on any atom is 0.273 e. The van der Waals surface area contributed by atoms with Crippen LogP contribution in [-0.2, 0) is 6.42 Å². The molecule has 1 aliphatic heterocycles. The highest BCUT2D eigenvalue weighted by Gasteiger charge is 2.35. The molecule has 0 spiro atoms. The van der Waals surface area contributed by atoms with Gasteiger partial charge in [-0.15, -0.1) is 0 Å². The Bertz CT molecular complexity index is 1230. The lowest BCUT2D eigenvalue weighted by Gasteiger charge is -2.35. The van der Waals surface area contributed by atoms with E-state index in [9.17, 15) is 4.79 Å². The Balaban J connectivity index is 1.58. The molecule has 150 valence electrons. The molecule has 6 heteroatoms. The van der Waals surface area contributed by atoms with Crippen LogP contribution in [0.1, 0.15) is 39.0 Å². The summed E-state index contributed by atoms with van der Waals surface area (Å²) in [6, 6.07) is 17.3. The van der Waals surface area contributed by atoms with E-state index in [0.29, 0.717) is 12.2 Å². The van der Waals surface area contributed by atoms with Crippen LogP contribution in [0.5, 0.6) is 5.75 Å².